The highest BCUT2D eigenvalue weighted by atomic mass is 35.5. The van der Waals surface area contributed by atoms with E-state index in [0.717, 1.165) is 59.1 Å². The van der Waals surface area contributed by atoms with Crippen LogP contribution in [0.1, 0.15) is 61.4 Å². The molecule has 1 atom stereocenters. The van der Waals surface area contributed by atoms with E-state index in [4.69, 9.17) is 28.2 Å². The molecule has 9 nitrogen and oxygen atoms in total. The third-order valence-corrected chi connectivity index (χ3v) is 10.0. The zero-order chi connectivity index (χ0) is 31.9. The van der Waals surface area contributed by atoms with E-state index in [1.54, 1.807) is 17.5 Å². The van der Waals surface area contributed by atoms with Crippen LogP contribution < -0.4 is 21.6 Å². The number of likely N-dealkylation sites (tertiary alicyclic amines) is 1. The molecule has 4 heterocycles. The van der Waals surface area contributed by atoms with Gasteiger partial charge in [-0.15, -0.1) is 16.9 Å². The van der Waals surface area contributed by atoms with Gasteiger partial charge >= 0.3 is 0 Å². The number of aromatic nitrogens is 2. The van der Waals surface area contributed by atoms with Gasteiger partial charge in [0.1, 0.15) is 12.1 Å². The molecule has 12 heteroatoms. The molecule has 0 amide bonds. The minimum atomic E-state index is -0.281. The van der Waals surface area contributed by atoms with E-state index in [2.05, 4.69) is 76.5 Å². The zero-order valence-electron chi connectivity index (χ0n) is 26.0. The van der Waals surface area contributed by atoms with Gasteiger partial charge in [0.2, 0.25) is 0 Å². The highest BCUT2D eigenvalue weighted by Gasteiger charge is 2.33. The van der Waals surface area contributed by atoms with Crippen molar-refractivity contribution in [1.82, 2.24) is 30.8 Å². The van der Waals surface area contributed by atoms with E-state index in [0.29, 0.717) is 38.2 Å². The molecule has 0 radical (unpaired) electrons. The van der Waals surface area contributed by atoms with Gasteiger partial charge in [0.25, 0.3) is 0 Å². The fourth-order valence-electron chi connectivity index (χ4n) is 5.93. The van der Waals surface area contributed by atoms with Gasteiger partial charge in [0.15, 0.2) is 0 Å². The smallest absolute Gasteiger partial charge is 0.113 e. The normalized spacial score (nSPS) is 16.8. The summed E-state index contributed by atoms with van der Waals surface area (Å²) in [5.74, 6) is 0. The maximum Gasteiger partial charge on any atom is 0.113 e. The number of piperidine rings is 1. The van der Waals surface area contributed by atoms with Crippen molar-refractivity contribution in [2.24, 2.45) is 0 Å². The van der Waals surface area contributed by atoms with E-state index in [9.17, 15) is 5.26 Å². The standard InChI is InChI=1S/C33H37Cl2N9S/c1-19-6-7-22(13-26(19)34)39-30-21(15-36)16-37-31-25(30)12-23(14-27(31)35)40-32(29-20(2)45-18-38-29)28-17-44(42-41-28)24-8-10-43(11-9-24)33(3,4)5/h6-7,12-14,16-18,24,32,40-42H,8-11H2,1-5H3,(H,37,39)/t32-/m1/s1. The van der Waals surface area contributed by atoms with Gasteiger partial charge in [-0.1, -0.05) is 29.3 Å². The molecule has 0 unspecified atom stereocenters. The Balaban J connectivity index is 1.33. The van der Waals surface area contributed by atoms with Crippen molar-refractivity contribution in [2.45, 2.75) is 65.1 Å². The number of nitriles is 1. The van der Waals surface area contributed by atoms with Gasteiger partial charge in [-0.05, 0) is 77.3 Å². The Morgan fingerprint density at radius 3 is 2.49 bits per heavy atom. The number of pyridine rings is 1. The van der Waals surface area contributed by atoms with Gasteiger partial charge in [0.05, 0.1) is 38.7 Å². The fraction of sp³-hybridized carbons (Fsp3) is 0.364. The van der Waals surface area contributed by atoms with Crippen LogP contribution in [-0.4, -0.2) is 44.5 Å². The number of hydrogen-bond acceptors (Lipinski definition) is 10. The molecular formula is C33H37Cl2N9S. The number of benzene rings is 2. The topological polar surface area (TPSA) is 104 Å². The van der Waals surface area contributed by atoms with Gasteiger partial charge < -0.3 is 16.1 Å². The second kappa shape index (κ2) is 12.7. The van der Waals surface area contributed by atoms with Gasteiger partial charge in [-0.25, -0.2) is 4.98 Å². The minimum absolute atomic E-state index is 0.174. The summed E-state index contributed by atoms with van der Waals surface area (Å²) in [6.45, 7) is 13.0. The number of nitrogens with one attached hydrogen (secondary N) is 4. The molecule has 0 aliphatic carbocycles. The lowest BCUT2D eigenvalue weighted by Gasteiger charge is -2.42. The molecule has 4 aromatic rings. The second-order valence-electron chi connectivity index (χ2n) is 12.6. The van der Waals surface area contributed by atoms with Crippen LogP contribution in [0.15, 0.2) is 53.9 Å². The number of nitrogens with zero attached hydrogens (tertiary/aromatic N) is 5. The first kappa shape index (κ1) is 31.4. The number of fused-ring (bicyclic) bond motifs is 1. The number of rotatable bonds is 7. The zero-order valence-corrected chi connectivity index (χ0v) is 28.3. The third-order valence-electron chi connectivity index (χ3n) is 8.58. The van der Waals surface area contributed by atoms with Crippen LogP contribution in [0.25, 0.3) is 10.9 Å². The molecule has 4 N–H and O–H groups in total. The lowest BCUT2D eigenvalue weighted by atomic mass is 9.98. The summed E-state index contributed by atoms with van der Waals surface area (Å²) < 4.78 is 0. The van der Waals surface area contributed by atoms with Crippen molar-refractivity contribution >= 4 is 62.5 Å². The SMILES string of the molecule is Cc1ccc(Nc2c(C#N)cnc3c(Cl)cc(N[C@H](C4=CN(C5CCN(C(C)(C)C)CC5)NN4)c4ncsc4C)cc23)cc1Cl. The Hall–Kier alpha value is -3.59. The maximum atomic E-state index is 9.98. The molecule has 234 valence electrons. The molecule has 1 saturated heterocycles. The quantitative estimate of drug-likeness (QED) is 0.158. The summed E-state index contributed by atoms with van der Waals surface area (Å²) in [6, 6.07) is 11.9. The lowest BCUT2D eigenvalue weighted by molar-refractivity contribution is 0.0570. The third kappa shape index (κ3) is 6.55. The number of aryl methyl sites for hydroxylation is 2. The molecular weight excluding hydrogens is 625 g/mol. The summed E-state index contributed by atoms with van der Waals surface area (Å²) in [5, 5.41) is 21.1. The van der Waals surface area contributed by atoms with E-state index < -0.39 is 0 Å². The van der Waals surface area contributed by atoms with Crippen molar-refractivity contribution in [3.05, 3.63) is 85.7 Å². The van der Waals surface area contributed by atoms with Crippen LogP contribution in [0.5, 0.6) is 0 Å². The van der Waals surface area contributed by atoms with E-state index in [1.807, 2.05) is 42.8 Å². The predicted octanol–water partition coefficient (Wildman–Crippen LogP) is 7.81. The van der Waals surface area contributed by atoms with E-state index in [1.165, 1.54) is 0 Å². The molecule has 0 spiro atoms. The van der Waals surface area contributed by atoms with Crippen molar-refractivity contribution in [3.8, 4) is 6.07 Å². The monoisotopic (exact) mass is 661 g/mol. The van der Waals surface area contributed by atoms with Crippen LogP contribution in [0.3, 0.4) is 0 Å². The molecule has 45 heavy (non-hydrogen) atoms. The van der Waals surface area contributed by atoms with Crippen molar-refractivity contribution in [1.29, 1.82) is 5.26 Å². The molecule has 2 aliphatic heterocycles. The molecule has 2 aromatic heterocycles. The first-order valence-electron chi connectivity index (χ1n) is 15.0. The van der Waals surface area contributed by atoms with E-state index in [-0.39, 0.29) is 11.6 Å². The number of hydrogen-bond donors (Lipinski definition) is 4. The van der Waals surface area contributed by atoms with Crippen LogP contribution >= 0.6 is 34.5 Å². The molecule has 0 bridgehead atoms. The van der Waals surface area contributed by atoms with Crippen molar-refractivity contribution in [2.75, 3.05) is 23.7 Å². The highest BCUT2D eigenvalue weighted by Crippen LogP contribution is 2.38. The Kier molecular flexibility index (Phi) is 8.83. The first-order valence-corrected chi connectivity index (χ1v) is 16.6. The number of anilines is 3. The Morgan fingerprint density at radius 1 is 1.07 bits per heavy atom. The summed E-state index contributed by atoms with van der Waals surface area (Å²) in [7, 11) is 0. The minimum Gasteiger partial charge on any atom is -0.371 e. The molecule has 2 aliphatic rings. The Labute approximate surface area is 278 Å². The summed E-state index contributed by atoms with van der Waals surface area (Å²) >= 11 is 14.9. The van der Waals surface area contributed by atoms with Crippen LogP contribution in [0.4, 0.5) is 17.1 Å². The van der Waals surface area contributed by atoms with Gasteiger partial charge in [-0.2, -0.15) is 5.26 Å². The number of hydrazine groups is 2. The van der Waals surface area contributed by atoms with Crippen LogP contribution in [-0.2, 0) is 0 Å². The van der Waals surface area contributed by atoms with Gasteiger partial charge in [-0.3, -0.25) is 14.9 Å². The molecule has 6 rings (SSSR count). The average molecular weight is 663 g/mol. The molecule has 1 fully saturated rings. The molecule has 2 aromatic carbocycles. The Bertz CT molecular complexity index is 1800. The van der Waals surface area contributed by atoms with Gasteiger partial charge in [0, 0.05) is 63.7 Å². The largest absolute Gasteiger partial charge is 0.371 e. The summed E-state index contributed by atoms with van der Waals surface area (Å²) in [5.41, 5.74) is 14.8. The van der Waals surface area contributed by atoms with Crippen molar-refractivity contribution in [3.63, 3.8) is 0 Å². The van der Waals surface area contributed by atoms with Crippen molar-refractivity contribution < 1.29 is 0 Å². The molecule has 0 saturated carbocycles. The summed E-state index contributed by atoms with van der Waals surface area (Å²) in [6.07, 6.45) is 5.83. The average Bonchev–Trinajstić information content (AvgIpc) is 3.67. The van der Waals surface area contributed by atoms with E-state index >= 15 is 0 Å². The Morgan fingerprint density at radius 2 is 1.82 bits per heavy atom. The number of thiazole rings is 1. The second-order valence-corrected chi connectivity index (χ2v) is 14.5. The first-order chi connectivity index (χ1) is 21.5. The lowest BCUT2D eigenvalue weighted by Crippen LogP contribution is -2.52. The van der Waals surface area contributed by atoms with Crippen LogP contribution in [0.2, 0.25) is 10.0 Å². The fourth-order valence-corrected chi connectivity index (χ4v) is 6.99. The predicted molar refractivity (Wildman–Crippen MR) is 185 cm³/mol. The summed E-state index contributed by atoms with van der Waals surface area (Å²) in [4.78, 5) is 12.9. The highest BCUT2D eigenvalue weighted by molar-refractivity contribution is 7.09. The van der Waals surface area contributed by atoms with Crippen LogP contribution in [0, 0.1) is 25.2 Å². The number of halogens is 2. The maximum absolute atomic E-state index is 9.98.